The van der Waals surface area contributed by atoms with Gasteiger partial charge in [-0.05, 0) is 32.1 Å². The van der Waals surface area contributed by atoms with Gasteiger partial charge in [-0.3, -0.25) is 0 Å². The molecule has 1 aromatic heterocycles. The van der Waals surface area contributed by atoms with Crippen LogP contribution in [0, 0.1) is 0 Å². The van der Waals surface area contributed by atoms with Gasteiger partial charge in [0.2, 0.25) is 0 Å². The van der Waals surface area contributed by atoms with E-state index in [1.54, 1.807) is 6.26 Å². The van der Waals surface area contributed by atoms with E-state index in [-0.39, 0.29) is 0 Å². The van der Waals surface area contributed by atoms with E-state index in [9.17, 15) is 0 Å². The van der Waals surface area contributed by atoms with Gasteiger partial charge in [-0.1, -0.05) is 6.42 Å². The van der Waals surface area contributed by atoms with Crippen LogP contribution < -0.4 is 5.32 Å². The molecule has 3 heteroatoms. The number of furan rings is 1. The van der Waals surface area contributed by atoms with Crippen LogP contribution in [0.2, 0.25) is 0 Å². The number of rotatable bonds is 4. The van der Waals surface area contributed by atoms with E-state index < -0.39 is 0 Å². The maximum absolute atomic E-state index is 5.11. The van der Waals surface area contributed by atoms with Crippen LogP contribution in [0.3, 0.4) is 0 Å². The number of hydrogen-bond acceptors (Lipinski definition) is 3. The minimum atomic E-state index is 0.404. The van der Waals surface area contributed by atoms with Gasteiger partial charge in [-0.25, -0.2) is 0 Å². The predicted octanol–water partition coefficient (Wildman–Crippen LogP) is 3.21. The van der Waals surface area contributed by atoms with E-state index in [0.717, 1.165) is 5.25 Å². The van der Waals surface area contributed by atoms with Gasteiger partial charge in [0.1, 0.15) is 0 Å². The molecule has 0 spiro atoms. The Balaban J connectivity index is 1.91. The van der Waals surface area contributed by atoms with Crippen molar-refractivity contribution in [3.8, 4) is 0 Å². The van der Waals surface area contributed by atoms with Crippen LogP contribution in [-0.2, 0) is 0 Å². The molecule has 0 radical (unpaired) electrons. The third-order valence-electron chi connectivity index (χ3n) is 3.26. The topological polar surface area (TPSA) is 25.2 Å². The molecule has 0 saturated heterocycles. The highest BCUT2D eigenvalue weighted by atomic mass is 32.2. The first-order valence-corrected chi connectivity index (χ1v) is 6.91. The van der Waals surface area contributed by atoms with Crippen molar-refractivity contribution < 1.29 is 4.42 Å². The van der Waals surface area contributed by atoms with Crippen LogP contribution >= 0.6 is 11.8 Å². The van der Waals surface area contributed by atoms with Crippen molar-refractivity contribution in [3.63, 3.8) is 0 Å². The lowest BCUT2D eigenvalue weighted by molar-refractivity contribution is 0.462. The monoisotopic (exact) mass is 225 g/mol. The smallest absolute Gasteiger partial charge is 0.0950 e. The maximum atomic E-state index is 5.11. The van der Waals surface area contributed by atoms with Crippen molar-refractivity contribution in [2.75, 3.05) is 6.26 Å². The molecule has 1 aromatic rings. The Morgan fingerprint density at radius 3 is 3.07 bits per heavy atom. The maximum Gasteiger partial charge on any atom is 0.0950 e. The molecule has 0 amide bonds. The van der Waals surface area contributed by atoms with Gasteiger partial charge >= 0.3 is 0 Å². The molecule has 84 valence electrons. The lowest BCUT2D eigenvalue weighted by Crippen LogP contribution is -2.35. The fourth-order valence-corrected chi connectivity index (χ4v) is 3.28. The molecule has 2 rings (SSSR count). The second-order valence-electron chi connectivity index (χ2n) is 4.26. The van der Waals surface area contributed by atoms with Crippen molar-refractivity contribution in [1.82, 2.24) is 5.32 Å². The summed E-state index contributed by atoms with van der Waals surface area (Å²) in [5.41, 5.74) is 1.25. The highest BCUT2D eigenvalue weighted by molar-refractivity contribution is 7.99. The summed E-state index contributed by atoms with van der Waals surface area (Å²) in [6.45, 7) is 2.21. The fraction of sp³-hybridized carbons (Fsp3) is 0.667. The zero-order valence-corrected chi connectivity index (χ0v) is 10.2. The van der Waals surface area contributed by atoms with Crippen molar-refractivity contribution in [2.24, 2.45) is 0 Å². The van der Waals surface area contributed by atoms with Gasteiger partial charge in [0.25, 0.3) is 0 Å². The zero-order valence-electron chi connectivity index (χ0n) is 9.40. The average molecular weight is 225 g/mol. The molecule has 1 heterocycles. The van der Waals surface area contributed by atoms with Gasteiger partial charge in [-0.2, -0.15) is 11.8 Å². The summed E-state index contributed by atoms with van der Waals surface area (Å²) in [6, 6.07) is 3.12. The Hall–Kier alpha value is -0.410. The van der Waals surface area contributed by atoms with Gasteiger partial charge in [0.05, 0.1) is 12.5 Å². The standard InChI is InChI=1S/C12H19NOS/c1-9(10-6-7-14-8-10)13-11-4-3-5-12(11)15-2/h6-9,11-13H,3-5H2,1-2H3. The molecule has 3 unspecified atom stereocenters. The first-order valence-electron chi connectivity index (χ1n) is 5.62. The molecule has 15 heavy (non-hydrogen) atoms. The second kappa shape index (κ2) is 5.08. The quantitative estimate of drug-likeness (QED) is 0.851. The first-order chi connectivity index (χ1) is 7.31. The molecule has 3 atom stereocenters. The average Bonchev–Trinajstić information content (AvgIpc) is 2.87. The van der Waals surface area contributed by atoms with Gasteiger partial charge in [-0.15, -0.1) is 0 Å². The number of nitrogens with one attached hydrogen (secondary N) is 1. The summed E-state index contributed by atoms with van der Waals surface area (Å²) in [7, 11) is 0. The summed E-state index contributed by atoms with van der Waals surface area (Å²) in [5, 5.41) is 4.49. The molecular weight excluding hydrogens is 206 g/mol. The van der Waals surface area contributed by atoms with Crippen LogP contribution in [0.25, 0.3) is 0 Å². The van der Waals surface area contributed by atoms with E-state index in [4.69, 9.17) is 4.42 Å². The Kier molecular flexibility index (Phi) is 3.76. The molecule has 0 aliphatic heterocycles. The molecule has 1 aliphatic rings. The lowest BCUT2D eigenvalue weighted by atomic mass is 10.1. The van der Waals surface area contributed by atoms with Crippen LogP contribution in [0.4, 0.5) is 0 Å². The molecule has 2 nitrogen and oxygen atoms in total. The normalized spacial score (nSPS) is 28.1. The van der Waals surface area contributed by atoms with E-state index >= 15 is 0 Å². The largest absolute Gasteiger partial charge is 0.472 e. The van der Waals surface area contributed by atoms with Crippen LogP contribution in [0.15, 0.2) is 23.0 Å². The van der Waals surface area contributed by atoms with Gasteiger partial charge < -0.3 is 9.73 Å². The van der Waals surface area contributed by atoms with Gasteiger partial charge in [0, 0.05) is 22.9 Å². The molecule has 1 N–H and O–H groups in total. The minimum Gasteiger partial charge on any atom is -0.472 e. The second-order valence-corrected chi connectivity index (χ2v) is 5.33. The van der Waals surface area contributed by atoms with Crippen molar-refractivity contribution in [1.29, 1.82) is 0 Å². The molecular formula is C12H19NOS. The first kappa shape index (κ1) is 11.1. The number of hydrogen-bond donors (Lipinski definition) is 1. The third kappa shape index (κ3) is 2.58. The van der Waals surface area contributed by atoms with Crippen molar-refractivity contribution in [2.45, 2.75) is 43.5 Å². The molecule has 1 fully saturated rings. The van der Waals surface area contributed by atoms with Crippen LogP contribution in [0.5, 0.6) is 0 Å². The molecule has 1 aliphatic carbocycles. The SMILES string of the molecule is CSC1CCCC1NC(C)c1ccoc1. The minimum absolute atomic E-state index is 0.404. The summed E-state index contributed by atoms with van der Waals surface area (Å²) in [5.74, 6) is 0. The fourth-order valence-electron chi connectivity index (χ4n) is 2.34. The number of thioether (sulfide) groups is 1. The Morgan fingerprint density at radius 1 is 1.53 bits per heavy atom. The molecule has 1 saturated carbocycles. The van der Waals surface area contributed by atoms with Crippen molar-refractivity contribution in [3.05, 3.63) is 24.2 Å². The Labute approximate surface area is 95.8 Å². The third-order valence-corrected chi connectivity index (χ3v) is 4.43. The summed E-state index contributed by atoms with van der Waals surface area (Å²) >= 11 is 1.99. The zero-order chi connectivity index (χ0) is 10.7. The summed E-state index contributed by atoms with van der Waals surface area (Å²) in [4.78, 5) is 0. The van der Waals surface area contributed by atoms with E-state index in [2.05, 4.69) is 18.5 Å². The molecule has 0 bridgehead atoms. The van der Waals surface area contributed by atoms with Crippen LogP contribution in [0.1, 0.15) is 37.8 Å². The van der Waals surface area contributed by atoms with Gasteiger partial charge in [0.15, 0.2) is 0 Å². The summed E-state index contributed by atoms with van der Waals surface area (Å²) in [6.07, 6.45) is 9.83. The highest BCUT2D eigenvalue weighted by Gasteiger charge is 2.27. The Morgan fingerprint density at radius 2 is 2.40 bits per heavy atom. The summed E-state index contributed by atoms with van der Waals surface area (Å²) < 4.78 is 5.11. The van der Waals surface area contributed by atoms with E-state index in [1.165, 1.54) is 24.8 Å². The van der Waals surface area contributed by atoms with E-state index in [0.29, 0.717) is 12.1 Å². The van der Waals surface area contributed by atoms with Crippen molar-refractivity contribution >= 4 is 11.8 Å². The van der Waals surface area contributed by atoms with Crippen LogP contribution in [-0.4, -0.2) is 17.5 Å². The lowest BCUT2D eigenvalue weighted by Gasteiger charge is -2.23. The van der Waals surface area contributed by atoms with E-state index in [1.807, 2.05) is 24.1 Å². The highest BCUT2D eigenvalue weighted by Crippen LogP contribution is 2.30. The predicted molar refractivity (Wildman–Crippen MR) is 65.2 cm³/mol. The Bertz CT molecular complexity index is 286. The molecule has 0 aromatic carbocycles.